The van der Waals surface area contributed by atoms with Gasteiger partial charge in [0.05, 0.1) is 26.4 Å². The van der Waals surface area contributed by atoms with Gasteiger partial charge in [0.1, 0.15) is 24.6 Å². The molecule has 2 heterocycles. The topological polar surface area (TPSA) is 89.3 Å². The highest BCUT2D eigenvalue weighted by molar-refractivity contribution is 5.73. The van der Waals surface area contributed by atoms with Crippen molar-refractivity contribution in [3.05, 3.63) is 71.5 Å². The lowest BCUT2D eigenvalue weighted by Crippen LogP contribution is -2.51. The van der Waals surface area contributed by atoms with Gasteiger partial charge in [0.15, 0.2) is 11.5 Å². The number of nitrogens with zero attached hydrogens (tertiary/aromatic N) is 4. The molecule has 2 aromatic carbocycles. The standard InChI is InChI=1S/C29H38N4O5/c1-22-5-8-26(9-6-22)38-21-29(35)19-31(11-12-32(20-29)24(3)34)18-25-7-10-27(28(15-25)36-4)37-14-13-33-17-23(2)16-30-33/h5-10,15-17,35H,11-14,18-21H2,1-4H3/t29-/m1/s1. The van der Waals surface area contributed by atoms with E-state index in [1.807, 2.05) is 73.4 Å². The number of aliphatic hydroxyl groups is 1. The lowest BCUT2D eigenvalue weighted by molar-refractivity contribution is -0.132. The van der Waals surface area contributed by atoms with Gasteiger partial charge in [0.25, 0.3) is 0 Å². The maximum atomic E-state index is 12.2. The Labute approximate surface area is 224 Å². The fraction of sp³-hybridized carbons (Fsp3) is 0.448. The number of rotatable bonds is 10. The van der Waals surface area contributed by atoms with E-state index in [2.05, 4.69) is 10.00 Å². The summed E-state index contributed by atoms with van der Waals surface area (Å²) >= 11 is 0. The van der Waals surface area contributed by atoms with E-state index in [1.165, 1.54) is 6.92 Å². The molecule has 204 valence electrons. The van der Waals surface area contributed by atoms with Crippen molar-refractivity contribution in [1.82, 2.24) is 19.6 Å². The van der Waals surface area contributed by atoms with E-state index in [1.54, 1.807) is 12.0 Å². The van der Waals surface area contributed by atoms with Gasteiger partial charge in [0, 0.05) is 39.3 Å². The fourth-order valence-corrected chi connectivity index (χ4v) is 4.62. The summed E-state index contributed by atoms with van der Waals surface area (Å²) in [5.74, 6) is 1.95. The fourth-order valence-electron chi connectivity index (χ4n) is 4.62. The molecule has 0 radical (unpaired) electrons. The highest BCUT2D eigenvalue weighted by Gasteiger charge is 2.37. The molecule has 0 bridgehead atoms. The van der Waals surface area contributed by atoms with Crippen LogP contribution in [0.1, 0.15) is 23.6 Å². The maximum Gasteiger partial charge on any atom is 0.219 e. The van der Waals surface area contributed by atoms with E-state index in [-0.39, 0.29) is 19.1 Å². The molecule has 4 rings (SSSR count). The van der Waals surface area contributed by atoms with E-state index in [4.69, 9.17) is 14.2 Å². The van der Waals surface area contributed by atoms with E-state index >= 15 is 0 Å². The number of carbonyl (C=O) groups excluding carboxylic acids is 1. The number of hydrogen-bond donors (Lipinski definition) is 1. The molecule has 3 aromatic rings. The zero-order valence-electron chi connectivity index (χ0n) is 22.7. The number of β-amino-alcohol motifs (C(OH)–C–C–N with tert-alkyl or cyclic N) is 1. The Morgan fingerprint density at radius 3 is 2.50 bits per heavy atom. The minimum absolute atomic E-state index is 0.0611. The van der Waals surface area contributed by atoms with Crippen LogP contribution in [-0.2, 0) is 17.9 Å². The summed E-state index contributed by atoms with van der Waals surface area (Å²) in [6.45, 7) is 9.10. The first-order valence-corrected chi connectivity index (χ1v) is 12.9. The number of aromatic nitrogens is 2. The average molecular weight is 523 g/mol. The van der Waals surface area contributed by atoms with Gasteiger partial charge in [-0.15, -0.1) is 0 Å². The van der Waals surface area contributed by atoms with Gasteiger partial charge in [0.2, 0.25) is 5.91 Å². The molecule has 1 N–H and O–H groups in total. The van der Waals surface area contributed by atoms with Crippen molar-refractivity contribution in [2.24, 2.45) is 0 Å². The van der Waals surface area contributed by atoms with Crippen LogP contribution < -0.4 is 14.2 Å². The highest BCUT2D eigenvalue weighted by atomic mass is 16.5. The first kappa shape index (κ1) is 27.5. The molecule has 1 saturated heterocycles. The number of hydrogen-bond acceptors (Lipinski definition) is 7. The third-order valence-electron chi connectivity index (χ3n) is 6.64. The molecule has 9 nitrogen and oxygen atoms in total. The Hall–Kier alpha value is -3.56. The summed E-state index contributed by atoms with van der Waals surface area (Å²) in [4.78, 5) is 16.1. The number of carbonyl (C=O) groups is 1. The largest absolute Gasteiger partial charge is 0.493 e. The van der Waals surface area contributed by atoms with E-state index in [0.717, 1.165) is 16.7 Å². The third kappa shape index (κ3) is 7.49. The van der Waals surface area contributed by atoms with E-state index in [0.29, 0.717) is 56.6 Å². The van der Waals surface area contributed by atoms with Crippen LogP contribution >= 0.6 is 0 Å². The summed E-state index contributed by atoms with van der Waals surface area (Å²) in [7, 11) is 1.63. The van der Waals surface area contributed by atoms with Crippen LogP contribution in [-0.4, -0.2) is 82.7 Å². The van der Waals surface area contributed by atoms with Crippen LogP contribution in [0.5, 0.6) is 17.2 Å². The van der Waals surface area contributed by atoms with Crippen LogP contribution in [0.4, 0.5) is 0 Å². The molecular weight excluding hydrogens is 484 g/mol. The Kier molecular flexibility index (Phi) is 8.91. The van der Waals surface area contributed by atoms with Gasteiger partial charge in [-0.1, -0.05) is 23.8 Å². The van der Waals surface area contributed by atoms with E-state index < -0.39 is 5.60 Å². The van der Waals surface area contributed by atoms with Crippen molar-refractivity contribution < 1.29 is 24.1 Å². The van der Waals surface area contributed by atoms with Crippen LogP contribution in [0.15, 0.2) is 54.9 Å². The number of amides is 1. The van der Waals surface area contributed by atoms with E-state index in [9.17, 15) is 9.90 Å². The van der Waals surface area contributed by atoms with Gasteiger partial charge in [-0.05, 0) is 49.2 Å². The van der Waals surface area contributed by atoms with Crippen molar-refractivity contribution >= 4 is 5.91 Å². The van der Waals surface area contributed by atoms with Crippen LogP contribution in [0.2, 0.25) is 0 Å². The first-order chi connectivity index (χ1) is 18.2. The molecule has 0 aliphatic carbocycles. The smallest absolute Gasteiger partial charge is 0.219 e. The molecular formula is C29H38N4O5. The van der Waals surface area contributed by atoms with Crippen LogP contribution in [0.3, 0.4) is 0 Å². The quantitative estimate of drug-likeness (QED) is 0.438. The Bertz CT molecular complexity index is 1210. The Morgan fingerprint density at radius 2 is 1.82 bits per heavy atom. The lowest BCUT2D eigenvalue weighted by Gasteiger charge is -2.32. The first-order valence-electron chi connectivity index (χ1n) is 12.9. The van der Waals surface area contributed by atoms with Crippen molar-refractivity contribution in [2.45, 2.75) is 39.5 Å². The van der Waals surface area contributed by atoms with Crippen molar-refractivity contribution in [3.8, 4) is 17.2 Å². The molecule has 0 unspecified atom stereocenters. The highest BCUT2D eigenvalue weighted by Crippen LogP contribution is 2.29. The lowest BCUT2D eigenvalue weighted by atomic mass is 10.0. The summed E-state index contributed by atoms with van der Waals surface area (Å²) in [6, 6.07) is 13.6. The summed E-state index contributed by atoms with van der Waals surface area (Å²) in [6.07, 6.45) is 3.80. The van der Waals surface area contributed by atoms with Crippen molar-refractivity contribution in [1.29, 1.82) is 0 Å². The summed E-state index contributed by atoms with van der Waals surface area (Å²) < 4.78 is 19.4. The second-order valence-electron chi connectivity index (χ2n) is 10.1. The molecule has 1 aliphatic rings. The normalized spacial score (nSPS) is 18.2. The van der Waals surface area contributed by atoms with Gasteiger partial charge in [-0.2, -0.15) is 5.10 Å². The van der Waals surface area contributed by atoms with Crippen LogP contribution in [0.25, 0.3) is 0 Å². The number of ether oxygens (including phenoxy) is 3. The molecule has 0 saturated carbocycles. The van der Waals surface area contributed by atoms with Crippen LogP contribution in [0, 0.1) is 13.8 Å². The van der Waals surface area contributed by atoms with Gasteiger partial charge in [-0.25, -0.2) is 0 Å². The van der Waals surface area contributed by atoms with Crippen molar-refractivity contribution in [3.63, 3.8) is 0 Å². The predicted octanol–water partition coefficient (Wildman–Crippen LogP) is 3.06. The molecule has 0 spiro atoms. The zero-order chi connectivity index (χ0) is 27.1. The molecule has 1 amide bonds. The molecule has 1 fully saturated rings. The Morgan fingerprint density at radius 1 is 1.03 bits per heavy atom. The summed E-state index contributed by atoms with van der Waals surface area (Å²) in [5.41, 5.74) is 2.06. The number of methoxy groups -OCH3 is 1. The minimum atomic E-state index is -1.22. The summed E-state index contributed by atoms with van der Waals surface area (Å²) in [5, 5.41) is 15.8. The average Bonchev–Trinajstić information content (AvgIpc) is 3.23. The SMILES string of the molecule is COc1cc(CN2CCN(C(C)=O)C[C@@](O)(COc3ccc(C)cc3)C2)ccc1OCCn1cc(C)cn1. The maximum absolute atomic E-state index is 12.2. The molecule has 1 atom stereocenters. The third-order valence-corrected chi connectivity index (χ3v) is 6.64. The monoisotopic (exact) mass is 522 g/mol. The Balaban J connectivity index is 1.41. The second-order valence-corrected chi connectivity index (χ2v) is 10.1. The van der Waals surface area contributed by atoms with Crippen molar-refractivity contribution in [2.75, 3.05) is 46.5 Å². The van der Waals surface area contributed by atoms with Gasteiger partial charge < -0.3 is 24.2 Å². The molecule has 1 aromatic heterocycles. The predicted molar refractivity (Wildman–Crippen MR) is 145 cm³/mol. The molecule has 38 heavy (non-hydrogen) atoms. The second kappa shape index (κ2) is 12.3. The minimum Gasteiger partial charge on any atom is -0.493 e. The molecule has 9 heteroatoms. The number of aryl methyl sites for hydroxylation is 2. The molecule has 1 aliphatic heterocycles. The van der Waals surface area contributed by atoms with Gasteiger partial charge in [-0.3, -0.25) is 14.4 Å². The van der Waals surface area contributed by atoms with Gasteiger partial charge >= 0.3 is 0 Å². The zero-order valence-corrected chi connectivity index (χ0v) is 22.7. The number of benzene rings is 2.